The summed E-state index contributed by atoms with van der Waals surface area (Å²) in [5.74, 6) is -0.978. The van der Waals surface area contributed by atoms with Crippen LogP contribution < -0.4 is 0 Å². The molecule has 0 heterocycles. The molecule has 0 aromatic rings. The van der Waals surface area contributed by atoms with Crippen molar-refractivity contribution in [3.8, 4) is 0 Å². The molecule has 0 aromatic heterocycles. The number of hydrogen-bond donors (Lipinski definition) is 0. The zero-order valence-corrected chi connectivity index (χ0v) is 38.8. The van der Waals surface area contributed by atoms with Gasteiger partial charge < -0.3 is 14.2 Å². The van der Waals surface area contributed by atoms with Gasteiger partial charge in [0.25, 0.3) is 0 Å². The highest BCUT2D eigenvalue weighted by Gasteiger charge is 2.19. The fourth-order valence-electron chi connectivity index (χ4n) is 6.84. The minimum absolute atomic E-state index is 0.0940. The molecule has 0 saturated carbocycles. The lowest BCUT2D eigenvalue weighted by atomic mass is 10.0. The molecule has 0 aliphatic carbocycles. The maximum atomic E-state index is 12.8. The summed E-state index contributed by atoms with van der Waals surface area (Å²) < 4.78 is 16.7. The number of carbonyl (C=O) groups is 3. The molecule has 59 heavy (non-hydrogen) atoms. The van der Waals surface area contributed by atoms with Crippen molar-refractivity contribution in [2.45, 2.75) is 245 Å². The van der Waals surface area contributed by atoms with Crippen molar-refractivity contribution in [1.29, 1.82) is 0 Å². The average molecular weight is 825 g/mol. The SMILES string of the molecule is CC/C=C\C/C=C\C/C=C\C/C=C\C/C=C\CCC(=O)OCC(COC(=O)CCCCCCCCCCCC)OC(=O)CCCCCCCCCCCCCCCCC. The van der Waals surface area contributed by atoms with Gasteiger partial charge in [-0.3, -0.25) is 14.4 Å². The third kappa shape index (κ3) is 46.0. The Hall–Kier alpha value is -2.89. The highest BCUT2D eigenvalue weighted by atomic mass is 16.6. The molecule has 1 unspecified atom stereocenters. The van der Waals surface area contributed by atoms with Crippen LogP contribution in [-0.4, -0.2) is 37.2 Å². The number of esters is 3. The Morgan fingerprint density at radius 1 is 0.356 bits per heavy atom. The second-order valence-corrected chi connectivity index (χ2v) is 16.4. The summed E-state index contributed by atoms with van der Waals surface area (Å²) in [6.45, 7) is 6.45. The van der Waals surface area contributed by atoms with Crippen molar-refractivity contribution >= 4 is 17.9 Å². The molecule has 0 aliphatic rings. The summed E-state index contributed by atoms with van der Waals surface area (Å²) in [6, 6.07) is 0. The molecule has 0 spiro atoms. The van der Waals surface area contributed by atoms with Crippen molar-refractivity contribution in [3.05, 3.63) is 60.8 Å². The van der Waals surface area contributed by atoms with Gasteiger partial charge in [-0.1, -0.05) is 229 Å². The smallest absolute Gasteiger partial charge is 0.306 e. The number of ether oxygens (including phenoxy) is 3. The fraction of sp³-hybridized carbons (Fsp3) is 0.755. The summed E-state index contributed by atoms with van der Waals surface area (Å²) in [6.07, 6.45) is 57.9. The number of carbonyl (C=O) groups excluding carboxylic acids is 3. The predicted octanol–water partition coefficient (Wildman–Crippen LogP) is 16.1. The van der Waals surface area contributed by atoms with Crippen LogP contribution in [0.3, 0.4) is 0 Å². The van der Waals surface area contributed by atoms with Crippen LogP contribution in [0, 0.1) is 0 Å². The van der Waals surface area contributed by atoms with Gasteiger partial charge in [0.05, 0.1) is 0 Å². The minimum Gasteiger partial charge on any atom is -0.462 e. The molecule has 0 rings (SSSR count). The Morgan fingerprint density at radius 3 is 1.03 bits per heavy atom. The number of rotatable bonds is 44. The van der Waals surface area contributed by atoms with Gasteiger partial charge in [-0.05, 0) is 51.4 Å². The van der Waals surface area contributed by atoms with Gasteiger partial charge in [-0.25, -0.2) is 0 Å². The molecule has 0 N–H and O–H groups in total. The summed E-state index contributed by atoms with van der Waals surface area (Å²) in [5, 5.41) is 0. The number of unbranched alkanes of at least 4 members (excludes halogenated alkanes) is 23. The van der Waals surface area contributed by atoms with Gasteiger partial charge >= 0.3 is 17.9 Å². The van der Waals surface area contributed by atoms with Crippen LogP contribution in [-0.2, 0) is 28.6 Å². The van der Waals surface area contributed by atoms with E-state index in [1.54, 1.807) is 0 Å². The summed E-state index contributed by atoms with van der Waals surface area (Å²) in [7, 11) is 0. The van der Waals surface area contributed by atoms with Crippen LogP contribution in [0.5, 0.6) is 0 Å². The van der Waals surface area contributed by atoms with Crippen molar-refractivity contribution in [3.63, 3.8) is 0 Å². The first-order valence-corrected chi connectivity index (χ1v) is 24.8. The third-order valence-corrected chi connectivity index (χ3v) is 10.6. The zero-order valence-electron chi connectivity index (χ0n) is 38.8. The molecule has 0 radical (unpaired) electrons. The molecule has 340 valence electrons. The van der Waals surface area contributed by atoms with E-state index >= 15 is 0 Å². The second-order valence-electron chi connectivity index (χ2n) is 16.4. The zero-order chi connectivity index (χ0) is 43.0. The molecule has 0 fully saturated rings. The highest BCUT2D eigenvalue weighted by molar-refractivity contribution is 5.71. The Kier molecular flexibility index (Phi) is 45.4. The first-order chi connectivity index (χ1) is 29.0. The molecule has 0 bridgehead atoms. The van der Waals surface area contributed by atoms with Crippen molar-refractivity contribution in [1.82, 2.24) is 0 Å². The standard InChI is InChI=1S/C53H92O6/c1-4-7-10-13-16-19-22-24-26-28-29-31-34-37-40-43-46-52(55)58-49-50(48-57-51(54)45-42-39-36-33-21-18-15-12-9-6-3)59-53(56)47-44-41-38-35-32-30-27-25-23-20-17-14-11-8-5-2/h7,10,16,19,24,26,29,31,37,40,50H,4-6,8-9,11-15,17-18,20-23,25,27-28,30,32-36,38-39,41-49H2,1-3H3/b10-7-,19-16-,26-24-,31-29-,40-37-. The van der Waals surface area contributed by atoms with E-state index in [1.165, 1.54) is 122 Å². The second kappa shape index (κ2) is 47.8. The molecule has 6 heteroatoms. The van der Waals surface area contributed by atoms with Gasteiger partial charge in [0.1, 0.15) is 13.2 Å². The molecule has 0 amide bonds. The van der Waals surface area contributed by atoms with Crippen molar-refractivity contribution in [2.75, 3.05) is 13.2 Å². The topological polar surface area (TPSA) is 78.9 Å². The van der Waals surface area contributed by atoms with E-state index < -0.39 is 6.10 Å². The Balaban J connectivity index is 4.45. The van der Waals surface area contributed by atoms with Gasteiger partial charge in [0.2, 0.25) is 0 Å². The lowest BCUT2D eigenvalue weighted by Crippen LogP contribution is -2.30. The fourth-order valence-corrected chi connectivity index (χ4v) is 6.84. The summed E-state index contributed by atoms with van der Waals surface area (Å²) >= 11 is 0. The average Bonchev–Trinajstić information content (AvgIpc) is 3.23. The number of hydrogen-bond acceptors (Lipinski definition) is 6. The Morgan fingerprint density at radius 2 is 0.661 bits per heavy atom. The molecule has 1 atom stereocenters. The van der Waals surface area contributed by atoms with Crippen LogP contribution in [0.15, 0.2) is 60.8 Å². The normalized spacial score (nSPS) is 12.5. The highest BCUT2D eigenvalue weighted by Crippen LogP contribution is 2.15. The molecule has 0 aliphatic heterocycles. The number of allylic oxidation sites excluding steroid dienone is 10. The quantitative estimate of drug-likeness (QED) is 0.0263. The first kappa shape index (κ1) is 56.1. The predicted molar refractivity (Wildman–Crippen MR) is 251 cm³/mol. The van der Waals surface area contributed by atoms with E-state index in [9.17, 15) is 14.4 Å². The van der Waals surface area contributed by atoms with E-state index in [-0.39, 0.29) is 37.5 Å². The molecule has 0 saturated heterocycles. The molecular weight excluding hydrogens is 733 g/mol. The largest absolute Gasteiger partial charge is 0.462 e. The van der Waals surface area contributed by atoms with E-state index in [1.807, 2.05) is 6.08 Å². The van der Waals surface area contributed by atoms with Crippen molar-refractivity contribution in [2.24, 2.45) is 0 Å². The van der Waals surface area contributed by atoms with Crippen LogP contribution in [0.2, 0.25) is 0 Å². The van der Waals surface area contributed by atoms with E-state index in [0.29, 0.717) is 19.3 Å². The van der Waals surface area contributed by atoms with Gasteiger partial charge in [0.15, 0.2) is 6.10 Å². The molecular formula is C53H92O6. The van der Waals surface area contributed by atoms with Gasteiger partial charge in [-0.2, -0.15) is 0 Å². The lowest BCUT2D eigenvalue weighted by molar-refractivity contribution is -0.166. The van der Waals surface area contributed by atoms with Gasteiger partial charge in [-0.15, -0.1) is 0 Å². The van der Waals surface area contributed by atoms with Crippen LogP contribution in [0.4, 0.5) is 0 Å². The van der Waals surface area contributed by atoms with Crippen molar-refractivity contribution < 1.29 is 28.6 Å². The maximum Gasteiger partial charge on any atom is 0.306 e. The van der Waals surface area contributed by atoms with Crippen LogP contribution >= 0.6 is 0 Å². The van der Waals surface area contributed by atoms with E-state index in [4.69, 9.17) is 14.2 Å². The molecule has 6 nitrogen and oxygen atoms in total. The van der Waals surface area contributed by atoms with Gasteiger partial charge in [0, 0.05) is 19.3 Å². The third-order valence-electron chi connectivity index (χ3n) is 10.6. The van der Waals surface area contributed by atoms with E-state index in [2.05, 4.69) is 75.5 Å². The monoisotopic (exact) mass is 825 g/mol. The molecule has 0 aromatic carbocycles. The maximum absolute atomic E-state index is 12.8. The minimum atomic E-state index is -0.798. The summed E-state index contributed by atoms with van der Waals surface area (Å²) in [4.78, 5) is 37.8. The van der Waals surface area contributed by atoms with Crippen LogP contribution in [0.25, 0.3) is 0 Å². The van der Waals surface area contributed by atoms with E-state index in [0.717, 1.165) is 70.6 Å². The first-order valence-electron chi connectivity index (χ1n) is 24.8. The Bertz CT molecular complexity index is 1090. The van der Waals surface area contributed by atoms with Crippen LogP contribution in [0.1, 0.15) is 239 Å². The summed E-state index contributed by atoms with van der Waals surface area (Å²) in [5.41, 5.74) is 0. The Labute approximate surface area is 364 Å². The lowest BCUT2D eigenvalue weighted by Gasteiger charge is -2.18.